The molecular weight excluding hydrogens is 694 g/mol. The average Bonchev–Trinajstić information content (AvgIpc) is 3.43. The van der Waals surface area contributed by atoms with Gasteiger partial charge < -0.3 is 29.9 Å². The number of aromatic nitrogens is 2. The molecule has 262 valence electrons. The predicted octanol–water partition coefficient (Wildman–Crippen LogP) is 5.99. The molecule has 2 amide bonds. The molecule has 3 aromatic carbocycles. The maximum atomic E-state index is 15.2. The van der Waals surface area contributed by atoms with Crippen LogP contribution in [-0.2, 0) is 20.9 Å². The summed E-state index contributed by atoms with van der Waals surface area (Å²) >= 11 is 12.5. The number of fused-ring (bicyclic) bond motifs is 1. The number of hydrogen-bond donors (Lipinski definition) is 3. The second kappa shape index (κ2) is 16.0. The van der Waals surface area contributed by atoms with Gasteiger partial charge in [-0.25, -0.2) is 9.18 Å². The Labute approximate surface area is 296 Å². The zero-order valence-corrected chi connectivity index (χ0v) is 28.3. The quantitative estimate of drug-likeness (QED) is 0.141. The minimum absolute atomic E-state index is 0.0209. The summed E-state index contributed by atoms with van der Waals surface area (Å²) < 4.78 is 28.7. The van der Waals surface area contributed by atoms with Crippen molar-refractivity contribution in [1.29, 1.82) is 0 Å². The summed E-state index contributed by atoms with van der Waals surface area (Å²) in [7, 11) is 0. The number of anilines is 1. The van der Waals surface area contributed by atoms with E-state index < -0.39 is 36.1 Å². The molecule has 1 atom stereocenters. The number of aliphatic carboxylic acids is 2. The highest BCUT2D eigenvalue weighted by atomic mass is 35.5. The lowest BCUT2D eigenvalue weighted by molar-refractivity contribution is -0.145. The van der Waals surface area contributed by atoms with Crippen molar-refractivity contribution in [2.24, 2.45) is 0 Å². The van der Waals surface area contributed by atoms with Crippen molar-refractivity contribution in [2.45, 2.75) is 45.2 Å². The molecule has 15 heteroatoms. The smallest absolute Gasteiger partial charge is 0.326 e. The molecule has 1 aliphatic rings. The number of halogens is 3. The van der Waals surface area contributed by atoms with E-state index in [2.05, 4.69) is 10.4 Å². The molecule has 0 radical (unpaired) electrons. The molecule has 2 heterocycles. The minimum Gasteiger partial charge on any atom is -0.493 e. The van der Waals surface area contributed by atoms with Crippen LogP contribution in [0.1, 0.15) is 47.2 Å². The van der Waals surface area contributed by atoms with E-state index in [9.17, 15) is 24.3 Å². The van der Waals surface area contributed by atoms with E-state index in [0.29, 0.717) is 65.9 Å². The molecule has 0 saturated carbocycles. The Morgan fingerprint density at radius 3 is 2.62 bits per heavy atom. The average molecular weight is 728 g/mol. The molecule has 5 rings (SSSR count). The summed E-state index contributed by atoms with van der Waals surface area (Å²) in [5, 5.41) is 25.0. The molecule has 0 bridgehead atoms. The normalized spacial score (nSPS) is 13.1. The van der Waals surface area contributed by atoms with Gasteiger partial charge in [0.25, 0.3) is 5.91 Å². The minimum atomic E-state index is -1.71. The van der Waals surface area contributed by atoms with Crippen molar-refractivity contribution in [3.63, 3.8) is 0 Å². The van der Waals surface area contributed by atoms with Crippen LogP contribution >= 0.6 is 23.2 Å². The van der Waals surface area contributed by atoms with Crippen molar-refractivity contribution < 1.29 is 43.3 Å². The van der Waals surface area contributed by atoms with Crippen molar-refractivity contribution in [3.05, 3.63) is 93.5 Å². The summed E-state index contributed by atoms with van der Waals surface area (Å²) in [4.78, 5) is 50.0. The fourth-order valence-electron chi connectivity index (χ4n) is 5.43. The van der Waals surface area contributed by atoms with Gasteiger partial charge in [-0.15, -0.1) is 0 Å². The van der Waals surface area contributed by atoms with E-state index in [1.807, 2.05) is 37.3 Å². The Balaban J connectivity index is 1.28. The fourth-order valence-corrected chi connectivity index (χ4v) is 5.86. The van der Waals surface area contributed by atoms with Crippen LogP contribution in [0.25, 0.3) is 11.1 Å². The number of nitrogens with one attached hydrogen (secondary N) is 1. The van der Waals surface area contributed by atoms with Gasteiger partial charge >= 0.3 is 11.9 Å². The molecule has 4 aromatic rings. The first-order valence-electron chi connectivity index (χ1n) is 15.6. The monoisotopic (exact) mass is 726 g/mol. The van der Waals surface area contributed by atoms with Gasteiger partial charge in [-0.05, 0) is 50.1 Å². The molecule has 0 saturated heterocycles. The molecule has 1 aliphatic heterocycles. The van der Waals surface area contributed by atoms with Crippen molar-refractivity contribution in [1.82, 2.24) is 15.1 Å². The number of carboxylic acid groups (broad SMARTS) is 2. The predicted molar refractivity (Wildman–Crippen MR) is 183 cm³/mol. The van der Waals surface area contributed by atoms with Gasteiger partial charge in [0.2, 0.25) is 5.91 Å². The van der Waals surface area contributed by atoms with Crippen LogP contribution in [0, 0.1) is 12.7 Å². The van der Waals surface area contributed by atoms with Gasteiger partial charge in [0.1, 0.15) is 17.6 Å². The number of para-hydroxylation sites is 1. The van der Waals surface area contributed by atoms with Gasteiger partial charge in [0.15, 0.2) is 5.75 Å². The Bertz CT molecular complexity index is 1910. The summed E-state index contributed by atoms with van der Waals surface area (Å²) in [6, 6.07) is 11.3. The number of nitrogens with zero attached hydrogens (tertiary/aromatic N) is 3. The van der Waals surface area contributed by atoms with Gasteiger partial charge in [0, 0.05) is 57.0 Å². The number of rotatable bonds is 13. The number of benzene rings is 3. The van der Waals surface area contributed by atoms with Crippen LogP contribution in [0.15, 0.2) is 60.9 Å². The van der Waals surface area contributed by atoms with Crippen LogP contribution in [-0.4, -0.2) is 69.5 Å². The number of hydrogen-bond acceptors (Lipinski definition) is 7. The molecule has 3 N–H and O–H groups in total. The summed E-state index contributed by atoms with van der Waals surface area (Å²) in [5.74, 6) is -3.69. The second-order valence-electron chi connectivity index (χ2n) is 11.5. The maximum absolute atomic E-state index is 15.2. The third-order valence-corrected chi connectivity index (χ3v) is 8.77. The first-order valence-corrected chi connectivity index (χ1v) is 16.4. The molecule has 0 fully saturated rings. The van der Waals surface area contributed by atoms with Crippen molar-refractivity contribution >= 4 is 52.6 Å². The lowest BCUT2D eigenvalue weighted by Gasteiger charge is -2.23. The standard InChI is InChI=1S/C35H33Cl2FN4O8/c1-20-25(36)7-3-9-30(20)49-12-4-10-31(43)42-11-5-13-50-33-23(6-2-8-29(33)42)22-17-39-41(18-22)19-24-26(37)14-21(15-27(24)38)34(46)40-28(35(47)48)16-32(44)45/h2-3,6-9,14-15,17-18,28H,4-5,10-13,16,19H2,1H3,(H,40,46)(H,44,45)(H,47,48). The highest BCUT2D eigenvalue weighted by Gasteiger charge is 2.26. The largest absolute Gasteiger partial charge is 0.493 e. The van der Waals surface area contributed by atoms with Crippen LogP contribution in [0.3, 0.4) is 0 Å². The molecule has 1 unspecified atom stereocenters. The van der Waals surface area contributed by atoms with Crippen molar-refractivity contribution in [2.75, 3.05) is 24.7 Å². The number of ether oxygens (including phenoxy) is 2. The Kier molecular flexibility index (Phi) is 11.6. The fraction of sp³-hybridized carbons (Fsp3) is 0.286. The highest BCUT2D eigenvalue weighted by Crippen LogP contribution is 2.40. The first kappa shape index (κ1) is 36.1. The molecule has 1 aromatic heterocycles. The SMILES string of the molecule is Cc1c(Cl)cccc1OCCCC(=O)N1CCCOc2c(-c3cnn(Cc4c(F)cc(C(=O)NC(CC(=O)O)C(=O)O)cc4Cl)c3)cccc21. The lowest BCUT2D eigenvalue weighted by Crippen LogP contribution is -2.42. The third kappa shape index (κ3) is 8.52. The van der Waals surface area contributed by atoms with E-state index in [1.54, 1.807) is 23.4 Å². The number of carbonyl (C=O) groups is 4. The molecule has 12 nitrogen and oxygen atoms in total. The van der Waals surface area contributed by atoms with E-state index in [4.69, 9.17) is 37.8 Å². The molecule has 0 aliphatic carbocycles. The number of amides is 2. The van der Waals surface area contributed by atoms with E-state index in [0.717, 1.165) is 11.6 Å². The highest BCUT2D eigenvalue weighted by molar-refractivity contribution is 6.32. The third-order valence-electron chi connectivity index (χ3n) is 8.02. The lowest BCUT2D eigenvalue weighted by atomic mass is 10.1. The second-order valence-corrected chi connectivity index (χ2v) is 12.3. The van der Waals surface area contributed by atoms with Crippen LogP contribution < -0.4 is 19.7 Å². The summed E-state index contributed by atoms with van der Waals surface area (Å²) in [6.45, 7) is 2.98. The first-order chi connectivity index (χ1) is 23.9. The Morgan fingerprint density at radius 1 is 1.10 bits per heavy atom. The zero-order valence-electron chi connectivity index (χ0n) is 26.8. The topological polar surface area (TPSA) is 160 Å². The van der Waals surface area contributed by atoms with Gasteiger partial charge in [0.05, 0.1) is 38.1 Å². The summed E-state index contributed by atoms with van der Waals surface area (Å²) in [6.07, 6.45) is 3.78. The van der Waals surface area contributed by atoms with Gasteiger partial charge in [-0.3, -0.25) is 19.1 Å². The van der Waals surface area contributed by atoms with Crippen LogP contribution in [0.2, 0.25) is 10.0 Å². The van der Waals surface area contributed by atoms with Crippen LogP contribution in [0.5, 0.6) is 11.5 Å². The van der Waals surface area contributed by atoms with Gasteiger partial charge in [-0.2, -0.15) is 5.10 Å². The maximum Gasteiger partial charge on any atom is 0.326 e. The van der Waals surface area contributed by atoms with E-state index in [-0.39, 0.29) is 35.0 Å². The van der Waals surface area contributed by atoms with Crippen LogP contribution in [0.4, 0.5) is 10.1 Å². The molecule has 0 spiro atoms. The van der Waals surface area contributed by atoms with E-state index in [1.165, 1.54) is 10.7 Å². The Morgan fingerprint density at radius 2 is 1.88 bits per heavy atom. The zero-order chi connectivity index (χ0) is 35.9. The molecular formula is C35H33Cl2FN4O8. The number of carbonyl (C=O) groups excluding carboxylic acids is 2. The Hall–Kier alpha value is -5.14. The molecule has 50 heavy (non-hydrogen) atoms. The van der Waals surface area contributed by atoms with Crippen molar-refractivity contribution in [3.8, 4) is 22.6 Å². The van der Waals surface area contributed by atoms with Gasteiger partial charge in [-0.1, -0.05) is 41.4 Å². The summed E-state index contributed by atoms with van der Waals surface area (Å²) in [5.41, 5.74) is 2.54. The van der Waals surface area contributed by atoms with E-state index >= 15 is 4.39 Å². The number of carboxylic acids is 2.